The number of hydrogen-bond donors (Lipinski definition) is 10. The number of hydrogen-bond acceptors (Lipinski definition) is 10. The number of phenols is 2. The number of aryl methyl sites for hydroxylation is 1. The molecule has 7 amide bonds. The Balaban J connectivity index is 2.37. The molecule has 17 nitrogen and oxygen atoms in total. The summed E-state index contributed by atoms with van der Waals surface area (Å²) in [5.74, 6) is -6.28. The number of likely N-dealkylation sites (N-methyl/N-ethyl adjacent to an activating group) is 1. The Kier molecular flexibility index (Phi) is 18.1. The Morgan fingerprint density at radius 2 is 1.09 bits per heavy atom. The van der Waals surface area contributed by atoms with Crippen molar-refractivity contribution in [1.29, 1.82) is 0 Å². The van der Waals surface area contributed by atoms with Crippen LogP contribution in [0.4, 0.5) is 0 Å². The van der Waals surface area contributed by atoms with Crippen LogP contribution in [0.15, 0.2) is 48.5 Å². The fraction of sp³-hybridized carbons (Fsp3) is 0.500. The fourth-order valence-electron chi connectivity index (χ4n) is 5.44. The second kappa shape index (κ2) is 21.9. The van der Waals surface area contributed by atoms with Crippen molar-refractivity contribution < 1.29 is 43.8 Å². The van der Waals surface area contributed by atoms with Gasteiger partial charge in [0, 0.05) is 6.42 Å². The van der Waals surface area contributed by atoms with Gasteiger partial charge in [-0.15, -0.1) is 0 Å². The average molecular weight is 769 g/mol. The lowest BCUT2D eigenvalue weighted by atomic mass is 9.96. The number of rotatable bonds is 22. The maximum absolute atomic E-state index is 14.0. The molecule has 2 rings (SSSR count). The first-order chi connectivity index (χ1) is 25.9. The Hall–Kier alpha value is -5.71. The molecular formula is C38H56N8O9. The Morgan fingerprint density at radius 1 is 0.618 bits per heavy atom. The number of nitrogens with one attached hydrogen (secondary N) is 6. The molecule has 2 aromatic carbocycles. The molecule has 0 fully saturated rings. The molecule has 7 atom stereocenters. The number of carbonyl (C=O) groups is 7. The second-order valence-electron chi connectivity index (χ2n) is 13.9. The molecule has 12 N–H and O–H groups in total. The van der Waals surface area contributed by atoms with Crippen LogP contribution in [-0.2, 0) is 46.4 Å². The summed E-state index contributed by atoms with van der Waals surface area (Å²) in [5.41, 5.74) is 12.4. The van der Waals surface area contributed by atoms with Gasteiger partial charge in [-0.2, -0.15) is 0 Å². The van der Waals surface area contributed by atoms with Crippen LogP contribution in [0.1, 0.15) is 65.0 Å². The monoisotopic (exact) mass is 768 g/mol. The summed E-state index contributed by atoms with van der Waals surface area (Å²) in [7, 11) is 1.57. The van der Waals surface area contributed by atoms with E-state index < -0.39 is 95.9 Å². The minimum Gasteiger partial charge on any atom is -0.508 e. The highest BCUT2D eigenvalue weighted by molar-refractivity contribution is 5.98. The number of aromatic hydroxyl groups is 2. The predicted molar refractivity (Wildman–Crippen MR) is 204 cm³/mol. The van der Waals surface area contributed by atoms with Crippen molar-refractivity contribution in [3.8, 4) is 11.5 Å². The van der Waals surface area contributed by atoms with Crippen molar-refractivity contribution in [3.63, 3.8) is 0 Å². The summed E-state index contributed by atoms with van der Waals surface area (Å²) in [5, 5.41) is 35.2. The van der Waals surface area contributed by atoms with Crippen LogP contribution >= 0.6 is 0 Å². The van der Waals surface area contributed by atoms with E-state index in [-0.39, 0.29) is 24.3 Å². The van der Waals surface area contributed by atoms with E-state index in [0.29, 0.717) is 18.4 Å². The third-order valence-electron chi connectivity index (χ3n) is 9.23. The van der Waals surface area contributed by atoms with Crippen molar-refractivity contribution in [1.82, 2.24) is 31.9 Å². The number of benzene rings is 2. The van der Waals surface area contributed by atoms with Gasteiger partial charge >= 0.3 is 0 Å². The Labute approximate surface area is 321 Å². The van der Waals surface area contributed by atoms with Crippen LogP contribution < -0.4 is 43.4 Å². The summed E-state index contributed by atoms with van der Waals surface area (Å²) >= 11 is 0. The Morgan fingerprint density at radius 3 is 1.58 bits per heavy atom. The van der Waals surface area contributed by atoms with Gasteiger partial charge in [0.2, 0.25) is 41.4 Å². The predicted octanol–water partition coefficient (Wildman–Crippen LogP) is -0.632. The molecule has 0 unspecified atom stereocenters. The fourth-order valence-corrected chi connectivity index (χ4v) is 5.44. The summed E-state index contributed by atoms with van der Waals surface area (Å²) in [6.45, 7) is 8.47. The molecule has 17 heteroatoms. The smallest absolute Gasteiger partial charge is 0.243 e. The molecule has 0 aromatic heterocycles. The first-order valence-electron chi connectivity index (χ1n) is 18.2. The standard InChI is InChI=1S/C38H56N8O9/c1-7-21(4)32(38(55)42-27(33(40)50)17-12-23-8-13-25(47)14-9-23)46-36(53)28(18-24-10-15-26(48)16-11-24)43-35(52)29(19-30(39)49)44-37(54)31(20(2)3)45-34(51)22(5)41-6/h8-11,13-16,20-22,27-29,31-32,41,47-48H,7,12,17-19H2,1-6H3,(H2,39,49)(H2,40,50)(H,42,55)(H,43,52)(H,44,54)(H,45,51)(H,46,53)/t21-,22-,27-,28-,29-,31-,32-/m0/s1. The molecule has 0 aliphatic heterocycles. The maximum atomic E-state index is 14.0. The Bertz CT molecular complexity index is 1640. The topological polar surface area (TPSA) is 284 Å². The summed E-state index contributed by atoms with van der Waals surface area (Å²) in [6.07, 6.45) is 0.114. The van der Waals surface area contributed by atoms with E-state index in [1.165, 1.54) is 36.4 Å². The SMILES string of the molecule is CC[C@H](C)[C@H](NC(=O)[C@H](Cc1ccc(O)cc1)NC(=O)[C@H](CC(N)=O)NC(=O)[C@@H](NC(=O)[C@H](C)NC)C(C)C)C(=O)N[C@@H](CCc1ccc(O)cc1)C(N)=O. The van der Waals surface area contributed by atoms with Crippen molar-refractivity contribution in [2.24, 2.45) is 23.3 Å². The zero-order chi connectivity index (χ0) is 41.4. The van der Waals surface area contributed by atoms with E-state index >= 15 is 0 Å². The summed E-state index contributed by atoms with van der Waals surface area (Å²) in [4.78, 5) is 91.9. The van der Waals surface area contributed by atoms with Crippen molar-refractivity contribution in [2.75, 3.05) is 7.05 Å². The highest BCUT2D eigenvalue weighted by atomic mass is 16.3. The molecule has 55 heavy (non-hydrogen) atoms. The first kappa shape index (κ1) is 45.4. The quantitative estimate of drug-likeness (QED) is 0.0724. The lowest BCUT2D eigenvalue weighted by molar-refractivity contribution is -0.136. The number of primary amides is 2. The molecule has 0 heterocycles. The minimum atomic E-state index is -1.56. The second-order valence-corrected chi connectivity index (χ2v) is 13.9. The van der Waals surface area contributed by atoms with Crippen LogP contribution in [0.3, 0.4) is 0 Å². The highest BCUT2D eigenvalue weighted by Gasteiger charge is 2.35. The van der Waals surface area contributed by atoms with Gasteiger partial charge in [-0.25, -0.2) is 0 Å². The molecule has 0 radical (unpaired) electrons. The molecule has 0 spiro atoms. The molecule has 0 aliphatic rings. The lowest BCUT2D eigenvalue weighted by Crippen LogP contribution is -2.61. The van der Waals surface area contributed by atoms with Gasteiger partial charge in [0.25, 0.3) is 0 Å². The maximum Gasteiger partial charge on any atom is 0.243 e. The highest BCUT2D eigenvalue weighted by Crippen LogP contribution is 2.15. The van der Waals surface area contributed by atoms with E-state index in [0.717, 1.165) is 5.56 Å². The van der Waals surface area contributed by atoms with Gasteiger partial charge in [-0.1, -0.05) is 58.4 Å². The summed E-state index contributed by atoms with van der Waals surface area (Å²) in [6, 6.07) is 5.19. The van der Waals surface area contributed by atoms with Crippen molar-refractivity contribution >= 4 is 41.4 Å². The van der Waals surface area contributed by atoms with Gasteiger partial charge < -0.3 is 53.6 Å². The van der Waals surface area contributed by atoms with Gasteiger partial charge in [0.05, 0.1) is 12.5 Å². The number of amides is 7. The molecule has 0 aliphatic carbocycles. The van der Waals surface area contributed by atoms with E-state index in [9.17, 15) is 43.8 Å². The van der Waals surface area contributed by atoms with Crippen molar-refractivity contribution in [2.45, 2.75) is 103 Å². The summed E-state index contributed by atoms with van der Waals surface area (Å²) < 4.78 is 0. The molecule has 302 valence electrons. The third-order valence-corrected chi connectivity index (χ3v) is 9.23. The van der Waals surface area contributed by atoms with Crippen LogP contribution in [0, 0.1) is 11.8 Å². The lowest BCUT2D eigenvalue weighted by Gasteiger charge is -2.29. The van der Waals surface area contributed by atoms with E-state index in [1.54, 1.807) is 53.8 Å². The van der Waals surface area contributed by atoms with E-state index in [1.807, 2.05) is 0 Å². The molecule has 0 bridgehead atoms. The van der Waals surface area contributed by atoms with Crippen LogP contribution in [0.25, 0.3) is 0 Å². The number of carbonyl (C=O) groups excluding carboxylic acids is 7. The van der Waals surface area contributed by atoms with E-state index in [2.05, 4.69) is 31.9 Å². The first-order valence-corrected chi connectivity index (χ1v) is 18.2. The third kappa shape index (κ3) is 14.9. The average Bonchev–Trinajstić information content (AvgIpc) is 3.13. The zero-order valence-corrected chi connectivity index (χ0v) is 32.2. The normalized spacial score (nSPS) is 14.9. The number of nitrogens with two attached hydrogens (primary N) is 2. The van der Waals surface area contributed by atoms with Crippen LogP contribution in [0.5, 0.6) is 11.5 Å². The molecule has 2 aromatic rings. The van der Waals surface area contributed by atoms with Crippen LogP contribution in [-0.4, -0.2) is 94.9 Å². The molecule has 0 saturated heterocycles. The minimum absolute atomic E-state index is 0.0446. The largest absolute Gasteiger partial charge is 0.508 e. The van der Waals surface area contributed by atoms with Gasteiger partial charge in [-0.3, -0.25) is 33.6 Å². The molecular weight excluding hydrogens is 712 g/mol. The zero-order valence-electron chi connectivity index (χ0n) is 32.2. The molecule has 0 saturated carbocycles. The van der Waals surface area contributed by atoms with Crippen molar-refractivity contribution in [3.05, 3.63) is 59.7 Å². The van der Waals surface area contributed by atoms with E-state index in [4.69, 9.17) is 11.5 Å². The van der Waals surface area contributed by atoms with Gasteiger partial charge in [0.15, 0.2) is 0 Å². The van der Waals surface area contributed by atoms with Crippen LogP contribution in [0.2, 0.25) is 0 Å². The number of phenolic OH excluding ortho intramolecular Hbond substituents is 2. The van der Waals surface area contributed by atoms with Gasteiger partial charge in [-0.05, 0) is 74.0 Å². The van der Waals surface area contributed by atoms with Gasteiger partial charge in [0.1, 0.15) is 41.7 Å².